The molecule has 2 rings (SSSR count). The van der Waals surface area contributed by atoms with E-state index >= 15 is 0 Å². The molecule has 0 aromatic heterocycles. The number of nitrogens with zero attached hydrogens (tertiary/aromatic N) is 1. The molecule has 2 nitrogen and oxygen atoms in total. The summed E-state index contributed by atoms with van der Waals surface area (Å²) in [6.45, 7) is 3.72. The Labute approximate surface area is 107 Å². The molecule has 100 valence electrons. The van der Waals surface area contributed by atoms with Crippen molar-refractivity contribution in [2.75, 3.05) is 20.6 Å². The number of hydrogen-bond acceptors (Lipinski definition) is 2. The molecule has 2 heteroatoms. The highest BCUT2D eigenvalue weighted by atomic mass is 15.1. The van der Waals surface area contributed by atoms with Crippen LogP contribution in [-0.2, 0) is 0 Å². The normalized spacial score (nSPS) is 38.8. The molecule has 0 aromatic rings. The fourth-order valence-corrected chi connectivity index (χ4v) is 3.84. The van der Waals surface area contributed by atoms with Gasteiger partial charge in [-0.1, -0.05) is 13.3 Å². The van der Waals surface area contributed by atoms with Gasteiger partial charge in [-0.05, 0) is 64.5 Å². The van der Waals surface area contributed by atoms with E-state index in [0.29, 0.717) is 0 Å². The van der Waals surface area contributed by atoms with E-state index in [9.17, 15) is 0 Å². The highest BCUT2D eigenvalue weighted by molar-refractivity contribution is 4.86. The first-order valence-corrected chi connectivity index (χ1v) is 7.58. The molecule has 2 atom stereocenters. The Bertz CT molecular complexity index is 221. The molecule has 17 heavy (non-hydrogen) atoms. The van der Waals surface area contributed by atoms with Crippen molar-refractivity contribution in [3.63, 3.8) is 0 Å². The summed E-state index contributed by atoms with van der Waals surface area (Å²) in [5.74, 6) is 1.86. The van der Waals surface area contributed by atoms with E-state index in [1.807, 2.05) is 0 Å². The van der Waals surface area contributed by atoms with Crippen LogP contribution >= 0.6 is 0 Å². The van der Waals surface area contributed by atoms with E-state index in [1.165, 1.54) is 51.5 Å². The minimum Gasteiger partial charge on any atom is -0.317 e. The Balaban J connectivity index is 1.78. The standard InChI is InChI=1S/C15H30N2/c1-12-7-9-14(10-8-12)17(3)11-13-5-4-6-15(13)16-2/h12-16H,4-11H2,1-3H3. The summed E-state index contributed by atoms with van der Waals surface area (Å²) in [4.78, 5) is 2.66. The third kappa shape index (κ3) is 3.45. The summed E-state index contributed by atoms with van der Waals surface area (Å²) in [7, 11) is 4.48. The second-order valence-corrected chi connectivity index (χ2v) is 6.44. The summed E-state index contributed by atoms with van der Waals surface area (Å²) in [5.41, 5.74) is 0. The number of nitrogens with one attached hydrogen (secondary N) is 1. The topological polar surface area (TPSA) is 15.3 Å². The van der Waals surface area contributed by atoms with Gasteiger partial charge < -0.3 is 10.2 Å². The van der Waals surface area contributed by atoms with Crippen LogP contribution in [0.2, 0.25) is 0 Å². The molecule has 2 saturated carbocycles. The van der Waals surface area contributed by atoms with Gasteiger partial charge in [-0.3, -0.25) is 0 Å². The third-order valence-electron chi connectivity index (χ3n) is 5.16. The largest absolute Gasteiger partial charge is 0.317 e. The van der Waals surface area contributed by atoms with Crippen LogP contribution in [0.15, 0.2) is 0 Å². The number of hydrogen-bond donors (Lipinski definition) is 1. The lowest BCUT2D eigenvalue weighted by Crippen LogP contribution is -2.42. The average Bonchev–Trinajstić information content (AvgIpc) is 2.77. The van der Waals surface area contributed by atoms with E-state index in [4.69, 9.17) is 0 Å². The SMILES string of the molecule is CNC1CCCC1CN(C)C1CCC(C)CC1. The second-order valence-electron chi connectivity index (χ2n) is 6.44. The van der Waals surface area contributed by atoms with Crippen LogP contribution in [0.25, 0.3) is 0 Å². The van der Waals surface area contributed by atoms with Crippen LogP contribution in [0.3, 0.4) is 0 Å². The molecule has 0 bridgehead atoms. The van der Waals surface area contributed by atoms with Gasteiger partial charge >= 0.3 is 0 Å². The van der Waals surface area contributed by atoms with E-state index in [1.54, 1.807) is 0 Å². The molecule has 0 aliphatic heterocycles. The van der Waals surface area contributed by atoms with Crippen molar-refractivity contribution in [2.45, 2.75) is 64.0 Å². The van der Waals surface area contributed by atoms with Crippen molar-refractivity contribution in [2.24, 2.45) is 11.8 Å². The molecule has 0 aromatic carbocycles. The monoisotopic (exact) mass is 238 g/mol. The third-order valence-corrected chi connectivity index (χ3v) is 5.16. The van der Waals surface area contributed by atoms with Crippen molar-refractivity contribution in [3.05, 3.63) is 0 Å². The lowest BCUT2D eigenvalue weighted by atomic mass is 9.86. The van der Waals surface area contributed by atoms with Gasteiger partial charge in [0.1, 0.15) is 0 Å². The van der Waals surface area contributed by atoms with Gasteiger partial charge in [0.2, 0.25) is 0 Å². The summed E-state index contributed by atoms with van der Waals surface area (Å²) in [6, 6.07) is 1.64. The Morgan fingerprint density at radius 1 is 1.06 bits per heavy atom. The molecule has 2 unspecified atom stereocenters. The molecule has 0 amide bonds. The first-order valence-electron chi connectivity index (χ1n) is 7.58. The Morgan fingerprint density at radius 2 is 1.76 bits per heavy atom. The lowest BCUT2D eigenvalue weighted by Gasteiger charge is -2.36. The van der Waals surface area contributed by atoms with Crippen LogP contribution in [0.5, 0.6) is 0 Å². The van der Waals surface area contributed by atoms with Crippen molar-refractivity contribution in [3.8, 4) is 0 Å². The summed E-state index contributed by atoms with van der Waals surface area (Å²) >= 11 is 0. The highest BCUT2D eigenvalue weighted by Crippen LogP contribution is 2.30. The summed E-state index contributed by atoms with van der Waals surface area (Å²) < 4.78 is 0. The molecule has 0 heterocycles. The van der Waals surface area contributed by atoms with Crippen LogP contribution in [0, 0.1) is 11.8 Å². The fraction of sp³-hybridized carbons (Fsp3) is 1.00. The second kappa shape index (κ2) is 6.19. The Hall–Kier alpha value is -0.0800. The maximum absolute atomic E-state index is 3.50. The molecule has 1 N–H and O–H groups in total. The predicted molar refractivity (Wildman–Crippen MR) is 74.2 cm³/mol. The van der Waals surface area contributed by atoms with Crippen molar-refractivity contribution < 1.29 is 0 Å². The quantitative estimate of drug-likeness (QED) is 0.810. The average molecular weight is 238 g/mol. The first-order chi connectivity index (χ1) is 8.20. The van der Waals surface area contributed by atoms with Gasteiger partial charge in [0.15, 0.2) is 0 Å². The van der Waals surface area contributed by atoms with Crippen LogP contribution in [0.1, 0.15) is 51.9 Å². The molecule has 0 saturated heterocycles. The molecular formula is C15H30N2. The smallest absolute Gasteiger partial charge is 0.0104 e. The van der Waals surface area contributed by atoms with Gasteiger partial charge in [0.25, 0.3) is 0 Å². The van der Waals surface area contributed by atoms with Crippen LogP contribution in [-0.4, -0.2) is 37.6 Å². The minimum atomic E-state index is 0.778. The molecule has 0 radical (unpaired) electrons. The zero-order valence-corrected chi connectivity index (χ0v) is 11.9. The maximum Gasteiger partial charge on any atom is 0.0104 e. The molecule has 0 spiro atoms. The van der Waals surface area contributed by atoms with E-state index in [-0.39, 0.29) is 0 Å². The number of rotatable bonds is 4. The van der Waals surface area contributed by atoms with Gasteiger partial charge in [0.05, 0.1) is 0 Å². The van der Waals surface area contributed by atoms with Gasteiger partial charge in [-0.2, -0.15) is 0 Å². The van der Waals surface area contributed by atoms with Gasteiger partial charge in [-0.15, -0.1) is 0 Å². The van der Waals surface area contributed by atoms with Crippen LogP contribution in [0.4, 0.5) is 0 Å². The van der Waals surface area contributed by atoms with Gasteiger partial charge in [-0.25, -0.2) is 0 Å². The van der Waals surface area contributed by atoms with Crippen molar-refractivity contribution >= 4 is 0 Å². The minimum absolute atomic E-state index is 0.778. The lowest BCUT2D eigenvalue weighted by molar-refractivity contribution is 0.143. The maximum atomic E-state index is 3.50. The van der Waals surface area contributed by atoms with Gasteiger partial charge in [0, 0.05) is 18.6 Å². The van der Waals surface area contributed by atoms with E-state index in [2.05, 4.69) is 31.2 Å². The summed E-state index contributed by atoms with van der Waals surface area (Å²) in [5, 5.41) is 3.50. The highest BCUT2D eigenvalue weighted by Gasteiger charge is 2.29. The first kappa shape index (κ1) is 13.4. The zero-order chi connectivity index (χ0) is 12.3. The summed E-state index contributed by atoms with van der Waals surface area (Å²) in [6.07, 6.45) is 9.97. The zero-order valence-electron chi connectivity index (χ0n) is 11.9. The Morgan fingerprint density at radius 3 is 2.41 bits per heavy atom. The molecule has 2 aliphatic carbocycles. The predicted octanol–water partition coefficient (Wildman–Crippen LogP) is 2.89. The van der Waals surface area contributed by atoms with Crippen molar-refractivity contribution in [1.29, 1.82) is 0 Å². The fourth-order valence-electron chi connectivity index (χ4n) is 3.84. The van der Waals surface area contributed by atoms with Crippen LogP contribution < -0.4 is 5.32 Å². The molecule has 2 aliphatic rings. The van der Waals surface area contributed by atoms with E-state index < -0.39 is 0 Å². The van der Waals surface area contributed by atoms with Crippen molar-refractivity contribution in [1.82, 2.24) is 10.2 Å². The Kier molecular flexibility index (Phi) is 4.87. The van der Waals surface area contributed by atoms with E-state index in [0.717, 1.165) is 23.9 Å². The molecule has 2 fully saturated rings. The molecular weight excluding hydrogens is 208 g/mol.